The number of hydrogen-bond acceptors (Lipinski definition) is 5. The first-order valence-corrected chi connectivity index (χ1v) is 7.96. The molecule has 3 rings (SSSR count). The second-order valence-electron chi connectivity index (χ2n) is 4.49. The van der Waals surface area contributed by atoms with Gasteiger partial charge in [0.25, 0.3) is 5.91 Å². The van der Waals surface area contributed by atoms with Crippen LogP contribution in [0.3, 0.4) is 0 Å². The van der Waals surface area contributed by atoms with Gasteiger partial charge in [-0.3, -0.25) is 14.8 Å². The predicted octanol–water partition coefficient (Wildman–Crippen LogP) is 3.88. The van der Waals surface area contributed by atoms with E-state index in [1.54, 1.807) is 23.7 Å². The number of thiazole rings is 1. The predicted molar refractivity (Wildman–Crippen MR) is 81.6 cm³/mol. The van der Waals surface area contributed by atoms with E-state index in [-0.39, 0.29) is 11.6 Å². The van der Waals surface area contributed by atoms with Gasteiger partial charge >= 0.3 is 6.18 Å². The Bertz CT molecular complexity index is 836. The summed E-state index contributed by atoms with van der Waals surface area (Å²) in [4.78, 5) is 16.8. The minimum Gasteiger partial charge on any atom is -0.297 e. The van der Waals surface area contributed by atoms with Gasteiger partial charge in [-0.2, -0.15) is 18.3 Å². The number of alkyl halides is 3. The first-order valence-electron chi connectivity index (χ1n) is 6.27. The molecule has 0 saturated carbocycles. The number of nitrogens with zero attached hydrogens (tertiary/aromatic N) is 3. The normalized spacial score (nSPS) is 11.7. The van der Waals surface area contributed by atoms with Gasteiger partial charge in [0.05, 0.1) is 9.75 Å². The van der Waals surface area contributed by atoms with Crippen LogP contribution < -0.4 is 5.32 Å². The minimum atomic E-state index is -4.47. The van der Waals surface area contributed by atoms with Crippen molar-refractivity contribution in [2.45, 2.75) is 6.18 Å². The summed E-state index contributed by atoms with van der Waals surface area (Å²) >= 11 is 2.35. The smallest absolute Gasteiger partial charge is 0.297 e. The number of thiophene rings is 1. The molecule has 0 aliphatic rings. The fraction of sp³-hybridized carbons (Fsp3) is 0.154. The lowest BCUT2D eigenvalue weighted by molar-refractivity contribution is -0.143. The van der Waals surface area contributed by atoms with Crippen molar-refractivity contribution in [2.75, 3.05) is 5.32 Å². The molecule has 3 aromatic rings. The summed E-state index contributed by atoms with van der Waals surface area (Å²) in [5.74, 6) is -0.358. The second kappa shape index (κ2) is 5.78. The maximum absolute atomic E-state index is 12.8. The molecule has 0 bridgehead atoms. The summed E-state index contributed by atoms with van der Waals surface area (Å²) in [7, 11) is 1.23. The average Bonchev–Trinajstić information content (AvgIpc) is 3.15. The first-order chi connectivity index (χ1) is 10.8. The van der Waals surface area contributed by atoms with Crippen molar-refractivity contribution in [3.05, 3.63) is 40.3 Å². The molecule has 0 spiro atoms. The lowest BCUT2D eigenvalue weighted by atomic mass is 10.3. The highest BCUT2D eigenvalue weighted by Crippen LogP contribution is 2.34. The number of anilines is 1. The number of carbonyl (C=O) groups is 1. The molecule has 0 atom stereocenters. The zero-order valence-electron chi connectivity index (χ0n) is 11.6. The molecular formula is C13H9F3N4OS2. The van der Waals surface area contributed by atoms with E-state index in [4.69, 9.17) is 0 Å². The van der Waals surface area contributed by atoms with Crippen LogP contribution in [0.25, 0.3) is 10.6 Å². The number of aryl methyl sites for hydroxylation is 1. The van der Waals surface area contributed by atoms with Crippen molar-refractivity contribution in [3.8, 4) is 10.6 Å². The van der Waals surface area contributed by atoms with Crippen LogP contribution in [0.2, 0.25) is 0 Å². The van der Waals surface area contributed by atoms with E-state index < -0.39 is 11.9 Å². The van der Waals surface area contributed by atoms with Crippen molar-refractivity contribution in [1.29, 1.82) is 0 Å². The van der Waals surface area contributed by atoms with E-state index in [1.807, 2.05) is 0 Å². The van der Waals surface area contributed by atoms with Crippen molar-refractivity contribution >= 4 is 33.7 Å². The third kappa shape index (κ3) is 3.27. The van der Waals surface area contributed by atoms with Crippen molar-refractivity contribution in [3.63, 3.8) is 0 Å². The number of carbonyl (C=O) groups excluding carboxylic acids is 1. The number of halogens is 3. The number of amides is 1. The van der Waals surface area contributed by atoms with Crippen LogP contribution in [0.1, 0.15) is 15.4 Å². The molecule has 0 aliphatic carbocycles. The summed E-state index contributed by atoms with van der Waals surface area (Å²) in [6.45, 7) is 0. The van der Waals surface area contributed by atoms with E-state index in [2.05, 4.69) is 15.4 Å². The highest BCUT2D eigenvalue weighted by atomic mass is 32.1. The first kappa shape index (κ1) is 15.7. The SMILES string of the molecule is Cn1nc(-c2ccc(C(=O)Nc3nccs3)s2)cc1C(F)(F)F. The maximum Gasteiger partial charge on any atom is 0.433 e. The Hall–Kier alpha value is -2.20. The second-order valence-corrected chi connectivity index (χ2v) is 6.47. The molecule has 10 heteroatoms. The lowest BCUT2D eigenvalue weighted by Gasteiger charge is -2.04. The molecule has 0 aliphatic heterocycles. The fourth-order valence-corrected chi connectivity index (χ4v) is 3.28. The Morgan fingerprint density at radius 2 is 2.13 bits per heavy atom. The van der Waals surface area contributed by atoms with Gasteiger partial charge < -0.3 is 0 Å². The van der Waals surface area contributed by atoms with Crippen LogP contribution in [-0.4, -0.2) is 20.7 Å². The van der Waals surface area contributed by atoms with E-state index in [9.17, 15) is 18.0 Å². The Labute approximate surface area is 136 Å². The summed E-state index contributed by atoms with van der Waals surface area (Å²) in [5.41, 5.74) is -0.659. The van der Waals surface area contributed by atoms with E-state index >= 15 is 0 Å². The largest absolute Gasteiger partial charge is 0.433 e. The third-order valence-corrected chi connectivity index (χ3v) is 4.70. The molecule has 3 heterocycles. The van der Waals surface area contributed by atoms with Crippen LogP contribution in [0.4, 0.5) is 18.3 Å². The van der Waals surface area contributed by atoms with Gasteiger partial charge in [0.1, 0.15) is 11.4 Å². The van der Waals surface area contributed by atoms with Gasteiger partial charge in [0, 0.05) is 18.6 Å². The van der Waals surface area contributed by atoms with Gasteiger partial charge in [-0.1, -0.05) is 0 Å². The highest BCUT2D eigenvalue weighted by molar-refractivity contribution is 7.17. The summed E-state index contributed by atoms with van der Waals surface area (Å²) in [6, 6.07) is 4.09. The van der Waals surface area contributed by atoms with Gasteiger partial charge in [0.2, 0.25) is 0 Å². The summed E-state index contributed by atoms with van der Waals surface area (Å²) in [6.07, 6.45) is -2.91. The number of hydrogen-bond donors (Lipinski definition) is 1. The Kier molecular flexibility index (Phi) is 3.94. The lowest BCUT2D eigenvalue weighted by Crippen LogP contribution is -2.11. The monoisotopic (exact) mass is 358 g/mol. The van der Waals surface area contributed by atoms with Crippen LogP contribution in [0, 0.1) is 0 Å². The van der Waals surface area contributed by atoms with Crippen LogP contribution >= 0.6 is 22.7 Å². The number of rotatable bonds is 3. The molecule has 0 saturated heterocycles. The van der Waals surface area contributed by atoms with E-state index in [1.165, 1.54) is 18.4 Å². The minimum absolute atomic E-state index is 0.179. The summed E-state index contributed by atoms with van der Waals surface area (Å²) < 4.78 is 39.2. The fourth-order valence-electron chi connectivity index (χ4n) is 1.89. The van der Waals surface area contributed by atoms with Crippen LogP contribution in [0.5, 0.6) is 0 Å². The van der Waals surface area contributed by atoms with Gasteiger partial charge in [-0.25, -0.2) is 4.98 Å². The quantitative estimate of drug-likeness (QED) is 0.773. The molecular weight excluding hydrogens is 349 g/mol. The molecule has 0 fully saturated rings. The third-order valence-electron chi connectivity index (χ3n) is 2.91. The zero-order chi connectivity index (χ0) is 16.6. The Morgan fingerprint density at radius 1 is 1.35 bits per heavy atom. The Morgan fingerprint density at radius 3 is 2.74 bits per heavy atom. The van der Waals surface area contributed by atoms with Gasteiger partial charge in [-0.15, -0.1) is 22.7 Å². The standard InChI is InChI=1S/C13H9F3N4OS2/c1-20-10(13(14,15)16)6-7(19-20)8-2-3-9(23-8)11(21)18-12-17-4-5-22-12/h2-6H,1H3,(H,17,18,21). The van der Waals surface area contributed by atoms with Crippen molar-refractivity contribution in [2.24, 2.45) is 7.05 Å². The van der Waals surface area contributed by atoms with Crippen molar-refractivity contribution in [1.82, 2.24) is 14.8 Å². The average molecular weight is 358 g/mol. The molecule has 3 aromatic heterocycles. The van der Waals surface area contributed by atoms with E-state index in [0.717, 1.165) is 22.1 Å². The highest BCUT2D eigenvalue weighted by Gasteiger charge is 2.35. The molecule has 1 amide bonds. The molecule has 1 N–H and O–H groups in total. The van der Waals surface area contributed by atoms with E-state index in [0.29, 0.717) is 14.9 Å². The Balaban J connectivity index is 1.83. The maximum atomic E-state index is 12.8. The summed E-state index contributed by atoms with van der Waals surface area (Å²) in [5, 5.41) is 8.66. The topological polar surface area (TPSA) is 59.8 Å². The molecule has 5 nitrogen and oxygen atoms in total. The number of aromatic nitrogens is 3. The van der Waals surface area contributed by atoms with Crippen LogP contribution in [-0.2, 0) is 13.2 Å². The van der Waals surface area contributed by atoms with Crippen molar-refractivity contribution < 1.29 is 18.0 Å². The molecule has 0 unspecified atom stereocenters. The molecule has 23 heavy (non-hydrogen) atoms. The molecule has 0 aromatic carbocycles. The number of nitrogens with one attached hydrogen (secondary N) is 1. The van der Waals surface area contributed by atoms with Gasteiger partial charge in [-0.05, 0) is 18.2 Å². The zero-order valence-corrected chi connectivity index (χ0v) is 13.2. The van der Waals surface area contributed by atoms with Gasteiger partial charge in [0.15, 0.2) is 5.13 Å². The molecule has 0 radical (unpaired) electrons. The van der Waals surface area contributed by atoms with Crippen LogP contribution in [0.15, 0.2) is 29.8 Å². The molecule has 120 valence electrons.